The lowest BCUT2D eigenvalue weighted by atomic mass is 10.2. The van der Waals surface area contributed by atoms with Gasteiger partial charge < -0.3 is 14.6 Å². The summed E-state index contributed by atoms with van der Waals surface area (Å²) in [6, 6.07) is 18.8. The lowest BCUT2D eigenvalue weighted by Crippen LogP contribution is -2.13. The van der Waals surface area contributed by atoms with Gasteiger partial charge in [0.15, 0.2) is 0 Å². The van der Waals surface area contributed by atoms with Crippen LogP contribution in [-0.4, -0.2) is 22.6 Å². The third-order valence-corrected chi connectivity index (χ3v) is 4.57. The highest BCUT2D eigenvalue weighted by Crippen LogP contribution is 2.27. The van der Waals surface area contributed by atoms with Crippen molar-refractivity contribution in [2.24, 2.45) is 7.05 Å². The predicted molar refractivity (Wildman–Crippen MR) is 107 cm³/mol. The summed E-state index contributed by atoms with van der Waals surface area (Å²) in [7, 11) is 3.39. The SMILES string of the molecule is COc1ccccc1C(=O)Nc1ccc2nc(-c3cccc(F)c3)n(C)c2c1. The van der Waals surface area contributed by atoms with Crippen LogP contribution < -0.4 is 10.1 Å². The molecule has 4 aromatic rings. The quantitative estimate of drug-likeness (QED) is 0.565. The first-order chi connectivity index (χ1) is 13.6. The van der Waals surface area contributed by atoms with Crippen LogP contribution in [0.4, 0.5) is 10.1 Å². The number of ether oxygens (including phenoxy) is 1. The smallest absolute Gasteiger partial charge is 0.259 e. The fraction of sp³-hybridized carbons (Fsp3) is 0.0909. The maximum atomic E-state index is 13.6. The zero-order chi connectivity index (χ0) is 19.7. The second-order valence-corrected chi connectivity index (χ2v) is 6.36. The second-order valence-electron chi connectivity index (χ2n) is 6.36. The van der Waals surface area contributed by atoms with Gasteiger partial charge in [-0.25, -0.2) is 9.37 Å². The molecule has 0 aliphatic carbocycles. The summed E-state index contributed by atoms with van der Waals surface area (Å²) >= 11 is 0. The average molecular weight is 375 g/mol. The molecular formula is C22H18FN3O2. The molecule has 5 nitrogen and oxygen atoms in total. The van der Waals surface area contributed by atoms with Crippen molar-refractivity contribution < 1.29 is 13.9 Å². The maximum Gasteiger partial charge on any atom is 0.259 e. The van der Waals surface area contributed by atoms with Crippen LogP contribution in [0.2, 0.25) is 0 Å². The van der Waals surface area contributed by atoms with Crippen molar-refractivity contribution in [2.45, 2.75) is 0 Å². The Labute approximate surface area is 161 Å². The van der Waals surface area contributed by atoms with E-state index in [9.17, 15) is 9.18 Å². The standard InChI is InChI=1S/C22H18FN3O2/c1-26-19-13-16(24-22(27)17-8-3-4-9-20(17)28-2)10-11-18(19)25-21(26)14-6-5-7-15(23)12-14/h3-13H,1-2H3,(H,24,27). The molecule has 1 N–H and O–H groups in total. The molecule has 0 aliphatic rings. The Balaban J connectivity index is 1.68. The molecule has 0 radical (unpaired) electrons. The summed E-state index contributed by atoms with van der Waals surface area (Å²) in [6.07, 6.45) is 0. The Bertz CT molecular complexity index is 1180. The minimum atomic E-state index is -0.311. The highest BCUT2D eigenvalue weighted by atomic mass is 19.1. The van der Waals surface area contributed by atoms with E-state index in [4.69, 9.17) is 4.74 Å². The molecule has 3 aromatic carbocycles. The molecule has 0 spiro atoms. The molecule has 140 valence electrons. The Morgan fingerprint density at radius 3 is 2.68 bits per heavy atom. The van der Waals surface area contributed by atoms with Crippen LogP contribution in [0.5, 0.6) is 5.75 Å². The summed E-state index contributed by atoms with van der Waals surface area (Å²) in [5.41, 5.74) is 3.38. The van der Waals surface area contributed by atoms with E-state index in [2.05, 4.69) is 10.3 Å². The second kappa shape index (κ2) is 7.15. The van der Waals surface area contributed by atoms with E-state index in [-0.39, 0.29) is 11.7 Å². The summed E-state index contributed by atoms with van der Waals surface area (Å²) < 4.78 is 20.7. The van der Waals surface area contributed by atoms with E-state index in [0.29, 0.717) is 28.4 Å². The van der Waals surface area contributed by atoms with Gasteiger partial charge in [0.05, 0.1) is 23.7 Å². The van der Waals surface area contributed by atoms with Crippen LogP contribution in [0.15, 0.2) is 66.7 Å². The lowest BCUT2D eigenvalue weighted by Gasteiger charge is -2.09. The monoisotopic (exact) mass is 375 g/mol. The Morgan fingerprint density at radius 1 is 1.07 bits per heavy atom. The highest BCUT2D eigenvalue weighted by molar-refractivity contribution is 6.06. The van der Waals surface area contributed by atoms with E-state index in [1.54, 1.807) is 30.3 Å². The fourth-order valence-corrected chi connectivity index (χ4v) is 3.18. The summed E-state index contributed by atoms with van der Waals surface area (Å²) in [5, 5.41) is 2.89. The molecule has 1 heterocycles. The van der Waals surface area contributed by atoms with Crippen molar-refractivity contribution in [1.29, 1.82) is 0 Å². The maximum absolute atomic E-state index is 13.6. The highest BCUT2D eigenvalue weighted by Gasteiger charge is 2.14. The molecule has 1 aromatic heterocycles. The van der Waals surface area contributed by atoms with Gasteiger partial charge in [0.1, 0.15) is 17.4 Å². The molecule has 0 unspecified atom stereocenters. The number of amides is 1. The lowest BCUT2D eigenvalue weighted by molar-refractivity contribution is 0.102. The number of nitrogens with one attached hydrogen (secondary N) is 1. The van der Waals surface area contributed by atoms with Gasteiger partial charge in [-0.3, -0.25) is 4.79 Å². The summed E-state index contributed by atoms with van der Waals surface area (Å²) in [5.74, 6) is 0.594. The normalized spacial score (nSPS) is 10.8. The van der Waals surface area contributed by atoms with Gasteiger partial charge in [0.2, 0.25) is 0 Å². The minimum absolute atomic E-state index is 0.260. The molecule has 0 bridgehead atoms. The van der Waals surface area contributed by atoms with Gasteiger partial charge in [-0.2, -0.15) is 0 Å². The molecular weight excluding hydrogens is 357 g/mol. The zero-order valence-corrected chi connectivity index (χ0v) is 15.4. The molecule has 1 amide bonds. The van der Waals surface area contributed by atoms with E-state index in [1.807, 2.05) is 35.9 Å². The number of para-hydroxylation sites is 1. The number of rotatable bonds is 4. The molecule has 6 heteroatoms. The van der Waals surface area contributed by atoms with Crippen molar-refractivity contribution >= 4 is 22.6 Å². The van der Waals surface area contributed by atoms with Crippen LogP contribution in [0.3, 0.4) is 0 Å². The van der Waals surface area contributed by atoms with E-state index in [0.717, 1.165) is 11.0 Å². The average Bonchev–Trinajstić information content (AvgIpc) is 3.04. The van der Waals surface area contributed by atoms with Crippen molar-refractivity contribution in [2.75, 3.05) is 12.4 Å². The van der Waals surface area contributed by atoms with Crippen molar-refractivity contribution in [3.63, 3.8) is 0 Å². The van der Waals surface area contributed by atoms with Crippen LogP contribution >= 0.6 is 0 Å². The number of anilines is 1. The van der Waals surface area contributed by atoms with E-state index in [1.165, 1.54) is 19.2 Å². The number of halogens is 1. The van der Waals surface area contributed by atoms with Gasteiger partial charge in [0.25, 0.3) is 5.91 Å². The Hall–Kier alpha value is -3.67. The largest absolute Gasteiger partial charge is 0.496 e. The zero-order valence-electron chi connectivity index (χ0n) is 15.4. The molecule has 4 rings (SSSR count). The molecule has 0 atom stereocenters. The van der Waals surface area contributed by atoms with Crippen LogP contribution in [0.25, 0.3) is 22.4 Å². The van der Waals surface area contributed by atoms with Gasteiger partial charge in [0, 0.05) is 18.3 Å². The number of benzene rings is 3. The molecule has 0 aliphatic heterocycles. The number of carbonyl (C=O) groups is 1. The third kappa shape index (κ3) is 3.20. The van der Waals surface area contributed by atoms with Crippen LogP contribution in [0, 0.1) is 5.82 Å². The van der Waals surface area contributed by atoms with E-state index < -0.39 is 0 Å². The first-order valence-corrected chi connectivity index (χ1v) is 8.73. The topological polar surface area (TPSA) is 56.1 Å². The molecule has 0 saturated carbocycles. The number of aryl methyl sites for hydroxylation is 1. The summed E-state index contributed by atoms with van der Waals surface area (Å²) in [4.78, 5) is 17.2. The van der Waals surface area contributed by atoms with Gasteiger partial charge in [-0.1, -0.05) is 24.3 Å². The van der Waals surface area contributed by atoms with Crippen LogP contribution in [-0.2, 0) is 7.05 Å². The fourth-order valence-electron chi connectivity index (χ4n) is 3.18. The van der Waals surface area contributed by atoms with Crippen molar-refractivity contribution in [3.05, 3.63) is 78.1 Å². The van der Waals surface area contributed by atoms with Crippen molar-refractivity contribution in [1.82, 2.24) is 9.55 Å². The molecule has 28 heavy (non-hydrogen) atoms. The molecule has 0 saturated heterocycles. The van der Waals surface area contributed by atoms with Gasteiger partial charge >= 0.3 is 0 Å². The number of hydrogen-bond acceptors (Lipinski definition) is 3. The minimum Gasteiger partial charge on any atom is -0.496 e. The number of carbonyl (C=O) groups excluding carboxylic acids is 1. The van der Waals surface area contributed by atoms with E-state index >= 15 is 0 Å². The van der Waals surface area contributed by atoms with Gasteiger partial charge in [-0.05, 0) is 42.5 Å². The summed E-state index contributed by atoms with van der Waals surface area (Å²) in [6.45, 7) is 0. The number of methoxy groups -OCH3 is 1. The Morgan fingerprint density at radius 2 is 1.89 bits per heavy atom. The Kier molecular flexibility index (Phi) is 4.53. The number of aromatic nitrogens is 2. The number of fused-ring (bicyclic) bond motifs is 1. The molecule has 0 fully saturated rings. The predicted octanol–water partition coefficient (Wildman–Crippen LogP) is 4.64. The van der Waals surface area contributed by atoms with Gasteiger partial charge in [-0.15, -0.1) is 0 Å². The third-order valence-electron chi connectivity index (χ3n) is 4.57. The number of imidazole rings is 1. The van der Waals surface area contributed by atoms with Crippen molar-refractivity contribution in [3.8, 4) is 17.1 Å². The number of nitrogens with zero attached hydrogens (tertiary/aromatic N) is 2. The number of hydrogen-bond donors (Lipinski definition) is 1. The first kappa shape index (κ1) is 17.7. The van der Waals surface area contributed by atoms with Crippen LogP contribution in [0.1, 0.15) is 10.4 Å². The first-order valence-electron chi connectivity index (χ1n) is 8.73.